The number of hydrogen-bond donors (Lipinski definition) is 3. The molecule has 0 aliphatic carbocycles. The van der Waals surface area contributed by atoms with Crippen LogP contribution in [0.15, 0.2) is 0 Å². The van der Waals surface area contributed by atoms with Crippen molar-refractivity contribution in [1.82, 2.24) is 10.2 Å². The van der Waals surface area contributed by atoms with E-state index >= 15 is 0 Å². The summed E-state index contributed by atoms with van der Waals surface area (Å²) in [5.41, 5.74) is 5.14. The first kappa shape index (κ1) is 13.3. The fraction of sp³-hybridized carbons (Fsp3) is 0.700. The van der Waals surface area contributed by atoms with Crippen molar-refractivity contribution in [2.45, 2.75) is 25.8 Å². The molecule has 4 N–H and O–H groups in total. The molecule has 0 aromatic heterocycles. The number of rotatable bonds is 3. The van der Waals surface area contributed by atoms with Gasteiger partial charge in [-0.2, -0.15) is 0 Å². The first-order valence-corrected chi connectivity index (χ1v) is 5.49. The first-order chi connectivity index (χ1) is 7.91. The summed E-state index contributed by atoms with van der Waals surface area (Å²) < 4.78 is 0. The van der Waals surface area contributed by atoms with E-state index in [1.54, 1.807) is 0 Å². The minimum atomic E-state index is -1.08. The summed E-state index contributed by atoms with van der Waals surface area (Å²) in [6, 6.07) is -1.47. The molecule has 1 saturated heterocycles. The number of hydrogen-bond acceptors (Lipinski definition) is 3. The Morgan fingerprint density at radius 3 is 2.65 bits per heavy atom. The number of primary amides is 1. The Kier molecular flexibility index (Phi) is 4.30. The third-order valence-corrected chi connectivity index (χ3v) is 2.83. The van der Waals surface area contributed by atoms with Gasteiger partial charge in [-0.1, -0.05) is 0 Å². The van der Waals surface area contributed by atoms with Crippen molar-refractivity contribution in [3.63, 3.8) is 0 Å². The number of nitrogens with zero attached hydrogens (tertiary/aromatic N) is 1. The highest BCUT2D eigenvalue weighted by Gasteiger charge is 2.28. The van der Waals surface area contributed by atoms with E-state index in [1.807, 2.05) is 0 Å². The molecule has 96 valence electrons. The van der Waals surface area contributed by atoms with Crippen molar-refractivity contribution in [3.8, 4) is 0 Å². The molecule has 1 aliphatic heterocycles. The molecule has 0 bridgehead atoms. The van der Waals surface area contributed by atoms with Crippen molar-refractivity contribution < 1.29 is 19.5 Å². The number of urea groups is 1. The second kappa shape index (κ2) is 5.51. The quantitative estimate of drug-likeness (QED) is 0.612. The minimum Gasteiger partial charge on any atom is -0.480 e. The van der Waals surface area contributed by atoms with Gasteiger partial charge in [0.25, 0.3) is 0 Å². The second-order valence-corrected chi connectivity index (χ2v) is 4.19. The summed E-state index contributed by atoms with van der Waals surface area (Å²) in [6.45, 7) is 2.20. The first-order valence-electron chi connectivity index (χ1n) is 5.49. The van der Waals surface area contributed by atoms with E-state index in [1.165, 1.54) is 11.8 Å². The van der Waals surface area contributed by atoms with Crippen molar-refractivity contribution in [2.75, 3.05) is 13.1 Å². The van der Waals surface area contributed by atoms with Crippen molar-refractivity contribution >= 4 is 17.9 Å². The van der Waals surface area contributed by atoms with Crippen LogP contribution in [0.3, 0.4) is 0 Å². The number of likely N-dealkylation sites (tertiary alicyclic amines) is 1. The van der Waals surface area contributed by atoms with E-state index in [-0.39, 0.29) is 18.4 Å². The Hall–Kier alpha value is -1.79. The van der Waals surface area contributed by atoms with Gasteiger partial charge in [-0.25, -0.2) is 4.79 Å². The number of amides is 3. The molecule has 1 rings (SSSR count). The van der Waals surface area contributed by atoms with Crippen LogP contribution in [0, 0.1) is 5.92 Å². The van der Waals surface area contributed by atoms with Crippen LogP contribution in [0.1, 0.15) is 19.8 Å². The second-order valence-electron chi connectivity index (χ2n) is 4.19. The van der Waals surface area contributed by atoms with Crippen molar-refractivity contribution in [3.05, 3.63) is 0 Å². The van der Waals surface area contributed by atoms with Gasteiger partial charge in [0.15, 0.2) is 0 Å². The highest BCUT2D eigenvalue weighted by Crippen LogP contribution is 2.16. The minimum absolute atomic E-state index is 0.257. The van der Waals surface area contributed by atoms with E-state index < -0.39 is 18.0 Å². The van der Waals surface area contributed by atoms with E-state index in [0.717, 1.165) is 0 Å². The number of carboxylic acids is 1. The fourth-order valence-electron chi connectivity index (χ4n) is 1.78. The topological polar surface area (TPSA) is 113 Å². The molecule has 2 atom stereocenters. The van der Waals surface area contributed by atoms with E-state index in [2.05, 4.69) is 5.32 Å². The maximum Gasteiger partial charge on any atom is 0.325 e. The van der Waals surface area contributed by atoms with Gasteiger partial charge in [0.05, 0.1) is 5.92 Å². The molecule has 1 fully saturated rings. The van der Waals surface area contributed by atoms with E-state index in [9.17, 15) is 14.4 Å². The number of carbonyl (C=O) groups is 3. The zero-order chi connectivity index (χ0) is 13.0. The van der Waals surface area contributed by atoms with Gasteiger partial charge in [0, 0.05) is 13.1 Å². The van der Waals surface area contributed by atoms with Crippen molar-refractivity contribution in [1.29, 1.82) is 0 Å². The molecule has 17 heavy (non-hydrogen) atoms. The average Bonchev–Trinajstić information content (AvgIpc) is 2.28. The van der Waals surface area contributed by atoms with Gasteiger partial charge >= 0.3 is 12.0 Å². The third kappa shape index (κ3) is 3.61. The lowest BCUT2D eigenvalue weighted by Crippen LogP contribution is -2.49. The number of nitrogens with one attached hydrogen (secondary N) is 1. The maximum absolute atomic E-state index is 11.7. The number of carboxylic acid groups (broad SMARTS) is 1. The SMILES string of the molecule is C[C@@H](NC(=O)C1CCCN(C(N)=O)C1)C(=O)O. The predicted octanol–water partition coefficient (Wildman–Crippen LogP) is -0.634. The third-order valence-electron chi connectivity index (χ3n) is 2.83. The molecular weight excluding hydrogens is 226 g/mol. The van der Waals surface area contributed by atoms with Gasteiger partial charge in [-0.3, -0.25) is 9.59 Å². The Labute approximate surface area is 98.9 Å². The molecule has 0 radical (unpaired) electrons. The fourth-order valence-corrected chi connectivity index (χ4v) is 1.78. The lowest BCUT2D eigenvalue weighted by atomic mass is 9.97. The Morgan fingerprint density at radius 1 is 1.47 bits per heavy atom. The number of carbonyl (C=O) groups excluding carboxylic acids is 2. The zero-order valence-corrected chi connectivity index (χ0v) is 9.68. The van der Waals surface area contributed by atoms with Gasteiger partial charge in [-0.15, -0.1) is 0 Å². The van der Waals surface area contributed by atoms with Gasteiger partial charge in [0.1, 0.15) is 6.04 Å². The van der Waals surface area contributed by atoms with Gasteiger partial charge < -0.3 is 21.1 Å². The monoisotopic (exact) mass is 243 g/mol. The van der Waals surface area contributed by atoms with Crippen LogP contribution < -0.4 is 11.1 Å². The van der Waals surface area contributed by atoms with Crippen molar-refractivity contribution in [2.24, 2.45) is 11.7 Å². The Morgan fingerprint density at radius 2 is 2.12 bits per heavy atom. The summed E-state index contributed by atoms with van der Waals surface area (Å²) >= 11 is 0. The van der Waals surface area contributed by atoms with Crippen LogP contribution in [-0.2, 0) is 9.59 Å². The molecule has 1 heterocycles. The number of piperidine rings is 1. The predicted molar refractivity (Wildman–Crippen MR) is 59.1 cm³/mol. The summed E-state index contributed by atoms with van der Waals surface area (Å²) in [5, 5.41) is 11.1. The molecule has 7 nitrogen and oxygen atoms in total. The lowest BCUT2D eigenvalue weighted by Gasteiger charge is -2.31. The van der Waals surface area contributed by atoms with Crippen LogP contribution in [0.4, 0.5) is 4.79 Å². The normalized spacial score (nSPS) is 21.7. The molecule has 0 aromatic rings. The summed E-state index contributed by atoms with van der Waals surface area (Å²) in [7, 11) is 0. The van der Waals surface area contributed by atoms with Crippen LogP contribution in [0.25, 0.3) is 0 Å². The smallest absolute Gasteiger partial charge is 0.325 e. The standard InChI is InChI=1S/C10H17N3O4/c1-6(9(15)16)12-8(14)7-3-2-4-13(5-7)10(11)17/h6-7H,2-5H2,1H3,(H2,11,17)(H,12,14)(H,15,16)/t6-,7?/m1/s1. The highest BCUT2D eigenvalue weighted by molar-refractivity contribution is 5.85. The summed E-state index contributed by atoms with van der Waals surface area (Å²) in [4.78, 5) is 34.7. The van der Waals surface area contributed by atoms with E-state index in [0.29, 0.717) is 19.4 Å². The molecule has 7 heteroatoms. The van der Waals surface area contributed by atoms with Gasteiger partial charge in [-0.05, 0) is 19.8 Å². The molecule has 1 unspecified atom stereocenters. The Balaban J connectivity index is 2.52. The summed E-state index contributed by atoms with van der Waals surface area (Å²) in [5.74, 6) is -1.80. The van der Waals surface area contributed by atoms with E-state index in [4.69, 9.17) is 10.8 Å². The van der Waals surface area contributed by atoms with Crippen LogP contribution in [-0.4, -0.2) is 47.0 Å². The molecule has 1 aliphatic rings. The summed E-state index contributed by atoms with van der Waals surface area (Å²) in [6.07, 6.45) is 1.34. The molecular formula is C10H17N3O4. The Bertz CT molecular complexity index is 332. The molecule has 0 spiro atoms. The van der Waals surface area contributed by atoms with Crippen LogP contribution in [0.5, 0.6) is 0 Å². The number of aliphatic carboxylic acids is 1. The molecule has 3 amide bonds. The number of nitrogens with two attached hydrogens (primary N) is 1. The highest BCUT2D eigenvalue weighted by atomic mass is 16.4. The molecule has 0 saturated carbocycles. The molecule has 0 aromatic carbocycles. The lowest BCUT2D eigenvalue weighted by molar-refractivity contribution is -0.142. The largest absolute Gasteiger partial charge is 0.480 e. The van der Waals surface area contributed by atoms with Crippen LogP contribution >= 0.6 is 0 Å². The maximum atomic E-state index is 11.7. The van der Waals surface area contributed by atoms with Crippen LogP contribution in [0.2, 0.25) is 0 Å². The zero-order valence-electron chi connectivity index (χ0n) is 9.68. The van der Waals surface area contributed by atoms with Gasteiger partial charge in [0.2, 0.25) is 5.91 Å². The average molecular weight is 243 g/mol.